The average Bonchev–Trinajstić information content (AvgIpc) is 3.55. The Morgan fingerprint density at radius 2 is 1.91 bits per heavy atom. The largest absolute Gasteiger partial charge is 0.378 e. The number of nitrogens with zero attached hydrogens (tertiary/aromatic N) is 8. The molecule has 10 heteroatoms. The van der Waals surface area contributed by atoms with Crippen molar-refractivity contribution in [3.63, 3.8) is 0 Å². The minimum atomic E-state index is 0.257. The summed E-state index contributed by atoms with van der Waals surface area (Å²) in [6.07, 6.45) is 6.25. The van der Waals surface area contributed by atoms with E-state index >= 15 is 0 Å². The lowest BCUT2D eigenvalue weighted by Crippen LogP contribution is -2.37. The van der Waals surface area contributed by atoms with Crippen LogP contribution < -0.4 is 10.6 Å². The number of fused-ring (bicyclic) bond motifs is 1. The van der Waals surface area contributed by atoms with E-state index < -0.39 is 0 Å². The van der Waals surface area contributed by atoms with Gasteiger partial charge in [-0.25, -0.2) is 24.9 Å². The van der Waals surface area contributed by atoms with Gasteiger partial charge in [-0.2, -0.15) is 0 Å². The van der Waals surface area contributed by atoms with Gasteiger partial charge in [0, 0.05) is 32.3 Å². The zero-order valence-electron chi connectivity index (χ0n) is 19.8. The van der Waals surface area contributed by atoms with Gasteiger partial charge in [0.05, 0.1) is 24.5 Å². The standard InChI is InChI=1S/C23H33N9O/c1-15-17(13-25-23(24)26-15)20-28-21(31-9-11-33-12-10-31)19-22(29-20)32(14-16-6-7-16)18(27-19)5-4-8-30(2)3/h13,16H,4-12,14H2,1-3H3,(H2,24,25,26). The molecule has 5 rings (SSSR count). The molecule has 0 atom stereocenters. The number of hydrogen-bond donors (Lipinski definition) is 1. The maximum Gasteiger partial charge on any atom is 0.220 e. The van der Waals surface area contributed by atoms with Crippen molar-refractivity contribution in [1.29, 1.82) is 0 Å². The lowest BCUT2D eigenvalue weighted by atomic mass is 10.2. The van der Waals surface area contributed by atoms with Gasteiger partial charge in [-0.1, -0.05) is 0 Å². The molecule has 1 aliphatic heterocycles. The summed E-state index contributed by atoms with van der Waals surface area (Å²) in [6.45, 7) is 6.85. The second-order valence-corrected chi connectivity index (χ2v) is 9.36. The van der Waals surface area contributed by atoms with Gasteiger partial charge in [-0.05, 0) is 52.7 Å². The molecule has 1 saturated carbocycles. The van der Waals surface area contributed by atoms with E-state index in [-0.39, 0.29) is 5.95 Å². The predicted octanol–water partition coefficient (Wildman–Crippen LogP) is 1.91. The van der Waals surface area contributed by atoms with Crippen molar-refractivity contribution in [2.24, 2.45) is 5.92 Å². The molecule has 2 N–H and O–H groups in total. The molecule has 2 aliphatic rings. The van der Waals surface area contributed by atoms with Gasteiger partial charge in [-0.3, -0.25) is 0 Å². The van der Waals surface area contributed by atoms with Crippen molar-refractivity contribution < 1.29 is 4.74 Å². The summed E-state index contributed by atoms with van der Waals surface area (Å²) in [5.41, 5.74) is 9.16. The monoisotopic (exact) mass is 451 g/mol. The molecule has 176 valence electrons. The zero-order chi connectivity index (χ0) is 22.9. The van der Waals surface area contributed by atoms with Crippen LogP contribution in [0, 0.1) is 12.8 Å². The second kappa shape index (κ2) is 9.18. The van der Waals surface area contributed by atoms with E-state index in [0.29, 0.717) is 25.0 Å². The van der Waals surface area contributed by atoms with E-state index in [0.717, 1.165) is 73.1 Å². The third-order valence-corrected chi connectivity index (χ3v) is 6.35. The first kappa shape index (κ1) is 22.0. The van der Waals surface area contributed by atoms with Crippen LogP contribution in [0.1, 0.15) is 30.8 Å². The molecule has 0 bridgehead atoms. The fourth-order valence-corrected chi connectivity index (χ4v) is 4.35. The molecule has 0 amide bonds. The van der Waals surface area contributed by atoms with Gasteiger partial charge in [0.1, 0.15) is 5.82 Å². The van der Waals surface area contributed by atoms with Crippen molar-refractivity contribution >= 4 is 22.9 Å². The topological polar surface area (TPSA) is 111 Å². The fraction of sp³-hybridized carbons (Fsp3) is 0.609. The number of hydrogen-bond acceptors (Lipinski definition) is 9. The SMILES string of the molecule is Cc1nc(N)ncc1-c1nc(N2CCOCC2)c2nc(CCCN(C)C)n(CC3CC3)c2n1. The van der Waals surface area contributed by atoms with Gasteiger partial charge in [0.25, 0.3) is 0 Å². The number of anilines is 2. The lowest BCUT2D eigenvalue weighted by Gasteiger charge is -2.28. The Kier molecular flexibility index (Phi) is 6.11. The number of morpholine rings is 1. The van der Waals surface area contributed by atoms with Crippen LogP contribution in [0.5, 0.6) is 0 Å². The molecule has 1 saturated heterocycles. The van der Waals surface area contributed by atoms with Gasteiger partial charge >= 0.3 is 0 Å². The highest BCUT2D eigenvalue weighted by atomic mass is 16.5. The number of nitrogens with two attached hydrogens (primary N) is 1. The number of aryl methyl sites for hydroxylation is 2. The normalized spacial score (nSPS) is 16.8. The predicted molar refractivity (Wildman–Crippen MR) is 128 cm³/mol. The zero-order valence-corrected chi connectivity index (χ0v) is 19.8. The van der Waals surface area contributed by atoms with E-state index in [9.17, 15) is 0 Å². The van der Waals surface area contributed by atoms with E-state index in [1.807, 2.05) is 6.92 Å². The Labute approximate surface area is 194 Å². The molecular formula is C23H33N9O. The molecule has 0 aromatic carbocycles. The van der Waals surface area contributed by atoms with Crippen LogP contribution in [-0.4, -0.2) is 81.3 Å². The molecule has 1 aliphatic carbocycles. The highest BCUT2D eigenvalue weighted by Crippen LogP contribution is 2.35. The molecule has 3 aromatic heterocycles. The highest BCUT2D eigenvalue weighted by Gasteiger charge is 2.28. The van der Waals surface area contributed by atoms with E-state index in [4.69, 9.17) is 25.4 Å². The van der Waals surface area contributed by atoms with Crippen molar-refractivity contribution in [3.05, 3.63) is 17.7 Å². The van der Waals surface area contributed by atoms with Crippen molar-refractivity contribution in [2.75, 3.05) is 57.6 Å². The summed E-state index contributed by atoms with van der Waals surface area (Å²) >= 11 is 0. The molecule has 3 aromatic rings. The Hall–Kier alpha value is -2.85. The molecule has 0 unspecified atom stereocenters. The summed E-state index contributed by atoms with van der Waals surface area (Å²) in [5, 5.41) is 0. The van der Waals surface area contributed by atoms with Crippen LogP contribution in [0.15, 0.2) is 6.20 Å². The fourth-order valence-electron chi connectivity index (χ4n) is 4.35. The maximum atomic E-state index is 5.80. The summed E-state index contributed by atoms with van der Waals surface area (Å²) in [5.74, 6) is 3.57. The van der Waals surface area contributed by atoms with Crippen molar-refractivity contribution in [2.45, 2.75) is 39.2 Å². The van der Waals surface area contributed by atoms with Gasteiger partial charge < -0.3 is 24.8 Å². The minimum absolute atomic E-state index is 0.257. The van der Waals surface area contributed by atoms with E-state index in [2.05, 4.69) is 38.4 Å². The molecule has 10 nitrogen and oxygen atoms in total. The van der Waals surface area contributed by atoms with Crippen molar-refractivity contribution in [1.82, 2.24) is 34.4 Å². The number of aromatic nitrogens is 6. The van der Waals surface area contributed by atoms with Crippen LogP contribution in [0.4, 0.5) is 11.8 Å². The third kappa shape index (κ3) is 4.77. The smallest absolute Gasteiger partial charge is 0.220 e. The minimum Gasteiger partial charge on any atom is -0.378 e. The summed E-state index contributed by atoms with van der Waals surface area (Å²) < 4.78 is 7.94. The molecule has 2 fully saturated rings. The molecule has 33 heavy (non-hydrogen) atoms. The second-order valence-electron chi connectivity index (χ2n) is 9.36. The van der Waals surface area contributed by atoms with Gasteiger partial charge in [0.2, 0.25) is 5.95 Å². The van der Waals surface area contributed by atoms with Crippen LogP contribution >= 0.6 is 0 Å². The Balaban J connectivity index is 1.65. The quantitative estimate of drug-likeness (QED) is 0.549. The van der Waals surface area contributed by atoms with Gasteiger partial charge in [-0.15, -0.1) is 0 Å². The van der Waals surface area contributed by atoms with Crippen LogP contribution in [0.25, 0.3) is 22.6 Å². The van der Waals surface area contributed by atoms with Crippen molar-refractivity contribution in [3.8, 4) is 11.4 Å². The Bertz CT molecular complexity index is 1130. The lowest BCUT2D eigenvalue weighted by molar-refractivity contribution is 0.122. The Morgan fingerprint density at radius 3 is 2.61 bits per heavy atom. The number of ether oxygens (including phenoxy) is 1. The number of imidazole rings is 1. The van der Waals surface area contributed by atoms with Gasteiger partial charge in [0.15, 0.2) is 22.8 Å². The number of nitrogen functional groups attached to an aromatic ring is 1. The van der Waals surface area contributed by atoms with Crippen LogP contribution in [0.2, 0.25) is 0 Å². The first-order chi connectivity index (χ1) is 16.0. The maximum absolute atomic E-state index is 5.80. The van der Waals surface area contributed by atoms with Crippen LogP contribution in [-0.2, 0) is 17.7 Å². The highest BCUT2D eigenvalue weighted by molar-refractivity contribution is 5.86. The number of rotatable bonds is 8. The molecule has 0 radical (unpaired) electrons. The van der Waals surface area contributed by atoms with Crippen LogP contribution in [0.3, 0.4) is 0 Å². The third-order valence-electron chi connectivity index (χ3n) is 6.35. The van der Waals surface area contributed by atoms with E-state index in [1.165, 1.54) is 12.8 Å². The average molecular weight is 452 g/mol. The molecular weight excluding hydrogens is 418 g/mol. The summed E-state index contributed by atoms with van der Waals surface area (Å²) in [4.78, 5) is 28.2. The first-order valence-electron chi connectivity index (χ1n) is 11.8. The molecule has 4 heterocycles. The Morgan fingerprint density at radius 1 is 1.12 bits per heavy atom. The summed E-state index contributed by atoms with van der Waals surface area (Å²) in [6, 6.07) is 0. The van der Waals surface area contributed by atoms with E-state index in [1.54, 1.807) is 6.20 Å². The summed E-state index contributed by atoms with van der Waals surface area (Å²) in [7, 11) is 4.22. The molecule has 0 spiro atoms. The first-order valence-corrected chi connectivity index (χ1v) is 11.8.